The number of ether oxygens (including phenoxy) is 1. The summed E-state index contributed by atoms with van der Waals surface area (Å²) in [5.74, 6) is -0.777. The Morgan fingerprint density at radius 3 is 2.64 bits per heavy atom. The summed E-state index contributed by atoms with van der Waals surface area (Å²) in [6, 6.07) is 14.5. The maximum Gasteiger partial charge on any atom is 0.243 e. The van der Waals surface area contributed by atoms with Gasteiger partial charge in [-0.1, -0.05) is 24.3 Å². The number of rotatable bonds is 7. The average molecular weight is 529 g/mol. The molecule has 2 aliphatic heterocycles. The summed E-state index contributed by atoms with van der Waals surface area (Å²) in [7, 11) is -4.04. The second kappa shape index (κ2) is 10.4. The number of fused-ring (bicyclic) bond motifs is 1. The normalized spacial score (nSPS) is 20.0. The molecule has 0 bridgehead atoms. The van der Waals surface area contributed by atoms with Crippen LogP contribution in [0.4, 0.5) is 4.39 Å². The fraction of sp³-hybridized carbons (Fsp3) is 0.370. The van der Waals surface area contributed by atoms with E-state index in [2.05, 4.69) is 6.07 Å². The van der Waals surface area contributed by atoms with E-state index in [4.69, 9.17) is 4.74 Å². The van der Waals surface area contributed by atoms with Crippen molar-refractivity contribution in [1.29, 1.82) is 0 Å². The van der Waals surface area contributed by atoms with Crippen molar-refractivity contribution in [3.8, 4) is 0 Å². The van der Waals surface area contributed by atoms with Crippen LogP contribution >= 0.6 is 11.3 Å². The first-order valence-corrected chi connectivity index (χ1v) is 14.4. The Labute approximate surface area is 215 Å². The van der Waals surface area contributed by atoms with Gasteiger partial charge in [-0.3, -0.25) is 4.79 Å². The molecule has 6 nitrogen and oxygen atoms in total. The van der Waals surface area contributed by atoms with Crippen molar-refractivity contribution in [3.63, 3.8) is 0 Å². The number of sulfonamides is 1. The Balaban J connectivity index is 1.47. The van der Waals surface area contributed by atoms with Crippen LogP contribution in [0.15, 0.2) is 64.9 Å². The molecule has 0 spiro atoms. The number of hydrogen-bond donors (Lipinski definition) is 0. The lowest BCUT2D eigenvalue weighted by molar-refractivity contribution is -0.133. The molecule has 2 atom stereocenters. The number of nitrogens with zero attached hydrogens (tertiary/aromatic N) is 2. The predicted molar refractivity (Wildman–Crippen MR) is 137 cm³/mol. The van der Waals surface area contributed by atoms with Crippen LogP contribution in [0.5, 0.6) is 0 Å². The summed E-state index contributed by atoms with van der Waals surface area (Å²) < 4.78 is 47.6. The Morgan fingerprint density at radius 2 is 1.92 bits per heavy atom. The average Bonchev–Trinajstić information content (AvgIpc) is 3.56. The highest BCUT2D eigenvalue weighted by Crippen LogP contribution is 2.39. The zero-order valence-electron chi connectivity index (χ0n) is 20.1. The quantitative estimate of drug-likeness (QED) is 0.452. The molecule has 0 aliphatic carbocycles. The molecule has 3 aromatic rings. The summed E-state index contributed by atoms with van der Waals surface area (Å²) in [6.45, 7) is 2.89. The van der Waals surface area contributed by atoms with Crippen molar-refractivity contribution in [3.05, 3.63) is 87.4 Å². The Kier molecular flexibility index (Phi) is 7.25. The topological polar surface area (TPSA) is 66.9 Å². The van der Waals surface area contributed by atoms with Crippen LogP contribution in [-0.4, -0.2) is 55.9 Å². The Morgan fingerprint density at radius 1 is 1.14 bits per heavy atom. The monoisotopic (exact) mass is 528 g/mol. The minimum Gasteiger partial charge on any atom is -0.377 e. The summed E-state index contributed by atoms with van der Waals surface area (Å²) in [6.07, 6.45) is 2.05. The van der Waals surface area contributed by atoms with Gasteiger partial charge in [0, 0.05) is 24.6 Å². The maximum atomic E-state index is 13.9. The Bertz CT molecular complexity index is 1330. The minimum atomic E-state index is -4.04. The van der Waals surface area contributed by atoms with Crippen LogP contribution in [0.25, 0.3) is 0 Å². The summed E-state index contributed by atoms with van der Waals surface area (Å²) in [4.78, 5) is 16.9. The molecule has 1 saturated heterocycles. The van der Waals surface area contributed by atoms with Crippen LogP contribution in [0.3, 0.4) is 0 Å². The fourth-order valence-electron chi connectivity index (χ4n) is 5.07. The number of amides is 1. The first kappa shape index (κ1) is 25.1. The molecule has 1 fully saturated rings. The number of aryl methyl sites for hydroxylation is 1. The Hall–Kier alpha value is -2.59. The maximum absolute atomic E-state index is 13.9. The summed E-state index contributed by atoms with van der Waals surface area (Å²) in [5, 5.41) is 2.05. The number of hydrogen-bond acceptors (Lipinski definition) is 5. The molecule has 2 unspecified atom stereocenters. The third kappa shape index (κ3) is 4.98. The molecule has 36 heavy (non-hydrogen) atoms. The van der Waals surface area contributed by atoms with Crippen molar-refractivity contribution in [2.75, 3.05) is 26.2 Å². The number of carbonyl (C=O) groups is 1. The fourth-order valence-corrected chi connectivity index (χ4v) is 7.40. The van der Waals surface area contributed by atoms with Gasteiger partial charge in [-0.25, -0.2) is 12.8 Å². The molecule has 9 heteroatoms. The van der Waals surface area contributed by atoms with Crippen LogP contribution in [0.1, 0.15) is 40.5 Å². The van der Waals surface area contributed by atoms with Gasteiger partial charge >= 0.3 is 0 Å². The molecule has 190 valence electrons. The summed E-state index contributed by atoms with van der Waals surface area (Å²) >= 11 is 1.69. The van der Waals surface area contributed by atoms with Crippen LogP contribution in [0.2, 0.25) is 0 Å². The van der Waals surface area contributed by atoms with Crippen molar-refractivity contribution in [1.82, 2.24) is 9.21 Å². The molecule has 3 heterocycles. The zero-order chi connectivity index (χ0) is 25.3. The van der Waals surface area contributed by atoms with Gasteiger partial charge in [-0.05, 0) is 78.6 Å². The lowest BCUT2D eigenvalue weighted by Gasteiger charge is -2.38. The lowest BCUT2D eigenvalue weighted by Crippen LogP contribution is -2.48. The molecular formula is C27H29FN2O4S2. The third-order valence-electron chi connectivity index (χ3n) is 6.96. The molecule has 1 amide bonds. The van der Waals surface area contributed by atoms with E-state index in [0.29, 0.717) is 13.2 Å². The van der Waals surface area contributed by atoms with Crippen LogP contribution in [-0.2, 0) is 26.0 Å². The number of benzene rings is 2. The second-order valence-electron chi connectivity index (χ2n) is 9.28. The number of halogens is 1. The van der Waals surface area contributed by atoms with E-state index in [0.717, 1.165) is 48.1 Å². The van der Waals surface area contributed by atoms with Gasteiger partial charge in [0.05, 0.1) is 23.6 Å². The van der Waals surface area contributed by atoms with Gasteiger partial charge in [0.25, 0.3) is 0 Å². The van der Waals surface area contributed by atoms with E-state index < -0.39 is 15.8 Å². The molecule has 2 aliphatic rings. The zero-order valence-corrected chi connectivity index (χ0v) is 21.7. The van der Waals surface area contributed by atoms with E-state index >= 15 is 0 Å². The van der Waals surface area contributed by atoms with Gasteiger partial charge in [-0.2, -0.15) is 4.31 Å². The SMILES string of the molecule is Cc1ccccc1C1c2ccsc2CCN1C(=O)CN(CC1CCCO1)S(=O)(=O)c1ccc(F)cc1. The molecular weight excluding hydrogens is 499 g/mol. The number of thiophene rings is 1. The smallest absolute Gasteiger partial charge is 0.243 e. The van der Waals surface area contributed by atoms with E-state index in [1.807, 2.05) is 36.6 Å². The molecule has 5 rings (SSSR count). The van der Waals surface area contributed by atoms with Gasteiger partial charge in [0.1, 0.15) is 5.82 Å². The highest BCUT2D eigenvalue weighted by Gasteiger charge is 2.37. The van der Waals surface area contributed by atoms with Crippen LogP contribution in [0, 0.1) is 12.7 Å². The van der Waals surface area contributed by atoms with E-state index in [9.17, 15) is 17.6 Å². The van der Waals surface area contributed by atoms with Crippen LogP contribution < -0.4 is 0 Å². The molecule has 0 N–H and O–H groups in total. The van der Waals surface area contributed by atoms with Gasteiger partial charge < -0.3 is 9.64 Å². The molecule has 0 radical (unpaired) electrons. The lowest BCUT2D eigenvalue weighted by atomic mass is 9.90. The van der Waals surface area contributed by atoms with Crippen molar-refractivity contribution < 1.29 is 22.3 Å². The first-order chi connectivity index (χ1) is 17.3. The standard InChI is InChI=1S/C27H29FN2O4S2/c1-19-5-2-3-7-23(19)27-24-13-16-35-25(24)12-14-30(27)26(31)18-29(17-21-6-4-15-34-21)36(32,33)22-10-8-20(28)9-11-22/h2-3,5,7-11,13,16,21,27H,4,6,12,14-15,17-18H2,1H3. The third-order valence-corrected chi connectivity index (χ3v) is 9.79. The molecule has 1 aromatic heterocycles. The minimum absolute atomic E-state index is 0.0380. The van der Waals surface area contributed by atoms with E-state index in [1.165, 1.54) is 21.3 Å². The highest BCUT2D eigenvalue weighted by molar-refractivity contribution is 7.89. The predicted octanol–water partition coefficient (Wildman–Crippen LogP) is 4.54. The second-order valence-corrected chi connectivity index (χ2v) is 12.2. The van der Waals surface area contributed by atoms with Gasteiger partial charge in [0.15, 0.2) is 0 Å². The summed E-state index contributed by atoms with van der Waals surface area (Å²) in [5.41, 5.74) is 3.22. The highest BCUT2D eigenvalue weighted by atomic mass is 32.2. The first-order valence-electron chi connectivity index (χ1n) is 12.1. The van der Waals surface area contributed by atoms with Crippen molar-refractivity contribution in [2.45, 2.75) is 43.2 Å². The van der Waals surface area contributed by atoms with E-state index in [1.54, 1.807) is 16.2 Å². The van der Waals surface area contributed by atoms with Crippen molar-refractivity contribution in [2.24, 2.45) is 0 Å². The van der Waals surface area contributed by atoms with E-state index in [-0.39, 0.29) is 36.0 Å². The van der Waals surface area contributed by atoms with Gasteiger partial charge in [-0.15, -0.1) is 11.3 Å². The molecule has 2 aromatic carbocycles. The van der Waals surface area contributed by atoms with Crippen molar-refractivity contribution >= 4 is 27.3 Å². The molecule has 0 saturated carbocycles. The van der Waals surface area contributed by atoms with Gasteiger partial charge in [0.2, 0.25) is 15.9 Å². The largest absolute Gasteiger partial charge is 0.377 e. The number of carbonyl (C=O) groups excluding carboxylic acids is 1.